The van der Waals surface area contributed by atoms with Gasteiger partial charge in [0.15, 0.2) is 0 Å². The average Bonchev–Trinajstić information content (AvgIpc) is 2.56. The summed E-state index contributed by atoms with van der Waals surface area (Å²) in [6.07, 6.45) is 2.55. The maximum atomic E-state index is 5.76. The van der Waals surface area contributed by atoms with Crippen molar-refractivity contribution in [3.05, 3.63) is 44.7 Å². The largest absolute Gasteiger partial charge is 0.383 e. The highest BCUT2D eigenvalue weighted by molar-refractivity contribution is 9.11. The van der Waals surface area contributed by atoms with Crippen molar-refractivity contribution in [1.29, 1.82) is 0 Å². The van der Waals surface area contributed by atoms with Gasteiger partial charge < -0.3 is 5.73 Å². The summed E-state index contributed by atoms with van der Waals surface area (Å²) in [7, 11) is 0. The molecule has 14 heavy (non-hydrogen) atoms. The summed E-state index contributed by atoms with van der Waals surface area (Å²) in [5, 5.41) is 2.06. The Kier molecular flexibility index (Phi) is 2.84. The zero-order valence-electron chi connectivity index (χ0n) is 7.40. The van der Waals surface area contributed by atoms with Gasteiger partial charge in [-0.1, -0.05) is 6.07 Å². The molecule has 0 aliphatic heterocycles. The molecule has 2 nitrogen and oxygen atoms in total. The van der Waals surface area contributed by atoms with Crippen LogP contribution in [0.25, 0.3) is 0 Å². The monoisotopic (exact) mass is 268 g/mol. The molecule has 0 unspecified atom stereocenters. The summed E-state index contributed by atoms with van der Waals surface area (Å²) in [6.45, 7) is 0. The fourth-order valence-corrected chi connectivity index (χ4v) is 2.49. The number of nitrogen functional groups attached to an aromatic ring is 1. The van der Waals surface area contributed by atoms with Gasteiger partial charge in [-0.2, -0.15) is 0 Å². The van der Waals surface area contributed by atoms with Gasteiger partial charge in [0.2, 0.25) is 0 Å². The van der Waals surface area contributed by atoms with Crippen LogP contribution in [-0.2, 0) is 6.42 Å². The lowest BCUT2D eigenvalue weighted by atomic mass is 10.1. The van der Waals surface area contributed by atoms with E-state index < -0.39 is 0 Å². The van der Waals surface area contributed by atoms with Crippen LogP contribution in [0.2, 0.25) is 0 Å². The molecular formula is C10H9BrN2S. The molecule has 0 spiro atoms. The Labute approximate surface area is 94.9 Å². The van der Waals surface area contributed by atoms with Crippen molar-refractivity contribution in [2.24, 2.45) is 0 Å². The highest BCUT2D eigenvalue weighted by atomic mass is 79.9. The fourth-order valence-electron chi connectivity index (χ4n) is 1.25. The van der Waals surface area contributed by atoms with Crippen molar-refractivity contribution in [3.8, 4) is 0 Å². The number of aromatic nitrogens is 1. The summed E-state index contributed by atoms with van der Waals surface area (Å²) >= 11 is 5.19. The van der Waals surface area contributed by atoms with Crippen molar-refractivity contribution in [3.63, 3.8) is 0 Å². The zero-order chi connectivity index (χ0) is 9.97. The minimum Gasteiger partial charge on any atom is -0.383 e. The van der Waals surface area contributed by atoms with E-state index in [0.29, 0.717) is 5.82 Å². The van der Waals surface area contributed by atoms with Gasteiger partial charge in [-0.25, -0.2) is 4.98 Å². The number of pyridine rings is 1. The van der Waals surface area contributed by atoms with E-state index in [4.69, 9.17) is 5.73 Å². The maximum Gasteiger partial charge on any atom is 0.126 e. The third kappa shape index (κ3) is 1.96. The summed E-state index contributed by atoms with van der Waals surface area (Å²) in [5.74, 6) is 0.616. The quantitative estimate of drug-likeness (QED) is 0.909. The lowest BCUT2D eigenvalue weighted by Crippen LogP contribution is -1.97. The first-order valence-corrected chi connectivity index (χ1v) is 5.86. The predicted molar refractivity (Wildman–Crippen MR) is 63.5 cm³/mol. The zero-order valence-corrected chi connectivity index (χ0v) is 9.81. The summed E-state index contributed by atoms with van der Waals surface area (Å²) in [5.41, 5.74) is 8.10. The number of anilines is 1. The Morgan fingerprint density at radius 3 is 2.86 bits per heavy atom. The number of nitrogens with zero attached hydrogens (tertiary/aromatic N) is 1. The number of hydrogen-bond donors (Lipinski definition) is 1. The molecule has 0 saturated carbocycles. The molecule has 0 fully saturated rings. The summed E-state index contributed by atoms with van der Waals surface area (Å²) in [4.78, 5) is 4.06. The second-order valence-electron chi connectivity index (χ2n) is 2.94. The Bertz CT molecular complexity index is 439. The van der Waals surface area contributed by atoms with E-state index in [1.165, 1.54) is 9.35 Å². The minimum absolute atomic E-state index is 0.616. The molecule has 0 radical (unpaired) electrons. The molecule has 0 amide bonds. The molecule has 0 aromatic carbocycles. The first kappa shape index (κ1) is 9.68. The second-order valence-corrected chi connectivity index (χ2v) is 5.18. The Hall–Kier alpha value is -0.870. The van der Waals surface area contributed by atoms with Crippen molar-refractivity contribution < 1.29 is 0 Å². The van der Waals surface area contributed by atoms with Gasteiger partial charge >= 0.3 is 0 Å². The first-order valence-electron chi connectivity index (χ1n) is 4.18. The van der Waals surface area contributed by atoms with Crippen LogP contribution in [0.3, 0.4) is 0 Å². The van der Waals surface area contributed by atoms with Gasteiger partial charge in [-0.3, -0.25) is 0 Å². The van der Waals surface area contributed by atoms with Crippen LogP contribution in [0.1, 0.15) is 11.1 Å². The third-order valence-electron chi connectivity index (χ3n) is 2.00. The Morgan fingerprint density at radius 1 is 1.36 bits per heavy atom. The van der Waals surface area contributed by atoms with Gasteiger partial charge in [-0.15, -0.1) is 11.3 Å². The van der Waals surface area contributed by atoms with Crippen LogP contribution in [0.4, 0.5) is 5.82 Å². The lowest BCUT2D eigenvalue weighted by Gasteiger charge is -2.02. The highest BCUT2D eigenvalue weighted by Gasteiger charge is 2.05. The maximum absolute atomic E-state index is 5.76. The van der Waals surface area contributed by atoms with Crippen molar-refractivity contribution in [2.75, 3.05) is 5.73 Å². The van der Waals surface area contributed by atoms with Crippen molar-refractivity contribution in [1.82, 2.24) is 4.98 Å². The SMILES string of the molecule is Nc1ncccc1Cc1ccsc1Br. The molecule has 0 bridgehead atoms. The second kappa shape index (κ2) is 4.11. The molecule has 0 atom stereocenters. The fraction of sp³-hybridized carbons (Fsp3) is 0.100. The third-order valence-corrected chi connectivity index (χ3v) is 3.81. The van der Waals surface area contributed by atoms with Gasteiger partial charge in [0.1, 0.15) is 5.82 Å². The van der Waals surface area contributed by atoms with Crippen LogP contribution < -0.4 is 5.73 Å². The molecule has 0 aliphatic rings. The van der Waals surface area contributed by atoms with E-state index in [1.807, 2.05) is 12.1 Å². The molecule has 2 N–H and O–H groups in total. The molecule has 4 heteroatoms. The number of rotatable bonds is 2. The van der Waals surface area contributed by atoms with Crippen LogP contribution in [0.15, 0.2) is 33.6 Å². The van der Waals surface area contributed by atoms with E-state index in [0.717, 1.165) is 12.0 Å². The standard InChI is InChI=1S/C10H9BrN2S/c11-9-7(3-5-14-9)6-8-2-1-4-13-10(8)12/h1-5H,6H2,(H2,12,13). The van der Waals surface area contributed by atoms with Gasteiger partial charge in [0.25, 0.3) is 0 Å². The molecule has 0 saturated heterocycles. The molecule has 0 aliphatic carbocycles. The number of hydrogen-bond acceptors (Lipinski definition) is 3. The van der Waals surface area contributed by atoms with Gasteiger partial charge in [0, 0.05) is 12.6 Å². The molecule has 2 rings (SSSR count). The summed E-state index contributed by atoms with van der Waals surface area (Å²) in [6, 6.07) is 6.01. The van der Waals surface area contributed by atoms with E-state index in [1.54, 1.807) is 17.5 Å². The van der Waals surface area contributed by atoms with Crippen LogP contribution in [0, 0.1) is 0 Å². The van der Waals surface area contributed by atoms with Crippen molar-refractivity contribution in [2.45, 2.75) is 6.42 Å². The normalized spacial score (nSPS) is 10.4. The number of halogens is 1. The molecule has 2 aromatic rings. The Balaban J connectivity index is 2.28. The van der Waals surface area contributed by atoms with Crippen LogP contribution in [0.5, 0.6) is 0 Å². The van der Waals surface area contributed by atoms with Crippen LogP contribution >= 0.6 is 27.3 Å². The lowest BCUT2D eigenvalue weighted by molar-refractivity contribution is 1.16. The average molecular weight is 269 g/mol. The smallest absolute Gasteiger partial charge is 0.126 e. The van der Waals surface area contributed by atoms with Gasteiger partial charge in [0.05, 0.1) is 3.79 Å². The van der Waals surface area contributed by atoms with E-state index >= 15 is 0 Å². The van der Waals surface area contributed by atoms with E-state index in [-0.39, 0.29) is 0 Å². The number of nitrogens with two attached hydrogens (primary N) is 1. The predicted octanol–water partition coefficient (Wildman–Crippen LogP) is 3.08. The Morgan fingerprint density at radius 2 is 2.21 bits per heavy atom. The van der Waals surface area contributed by atoms with Crippen LogP contribution in [-0.4, -0.2) is 4.98 Å². The number of thiophene rings is 1. The van der Waals surface area contributed by atoms with Crippen molar-refractivity contribution >= 4 is 33.1 Å². The first-order chi connectivity index (χ1) is 6.77. The van der Waals surface area contributed by atoms with Gasteiger partial charge in [-0.05, 0) is 44.6 Å². The highest BCUT2D eigenvalue weighted by Crippen LogP contribution is 2.26. The molecule has 72 valence electrons. The van der Waals surface area contributed by atoms with E-state index in [2.05, 4.69) is 32.4 Å². The van der Waals surface area contributed by atoms with E-state index in [9.17, 15) is 0 Å². The molecule has 2 heterocycles. The topological polar surface area (TPSA) is 38.9 Å². The summed E-state index contributed by atoms with van der Waals surface area (Å²) < 4.78 is 1.17. The molecular weight excluding hydrogens is 260 g/mol. The molecule has 2 aromatic heterocycles. The minimum atomic E-state index is 0.616.